The molecule has 0 aliphatic heterocycles. The smallest absolute Gasteiger partial charge is 0.321 e. The highest BCUT2D eigenvalue weighted by molar-refractivity contribution is 5.90. The van der Waals surface area contributed by atoms with Crippen molar-refractivity contribution in [2.45, 2.75) is 13.8 Å². The summed E-state index contributed by atoms with van der Waals surface area (Å²) in [7, 11) is 0. The van der Waals surface area contributed by atoms with Gasteiger partial charge >= 0.3 is 6.03 Å². The van der Waals surface area contributed by atoms with Crippen LogP contribution in [0.4, 0.5) is 14.9 Å². The molecule has 0 unspecified atom stereocenters. The summed E-state index contributed by atoms with van der Waals surface area (Å²) in [5, 5.41) is 11.4. The zero-order chi connectivity index (χ0) is 14.3. The predicted molar refractivity (Wildman–Crippen MR) is 72.3 cm³/mol. The first-order valence-corrected chi connectivity index (χ1v) is 6.07. The third-order valence-corrected chi connectivity index (χ3v) is 2.58. The van der Waals surface area contributed by atoms with Crippen LogP contribution in [0.15, 0.2) is 18.2 Å². The minimum absolute atomic E-state index is 0.261. The fourth-order valence-corrected chi connectivity index (χ4v) is 1.57. The number of anilines is 1. The summed E-state index contributed by atoms with van der Waals surface area (Å²) < 4.78 is 13.1. The number of nitrogens with zero attached hydrogens (tertiary/aromatic N) is 1. The predicted octanol–water partition coefficient (Wildman–Crippen LogP) is 2.04. The molecule has 2 N–H and O–H groups in total. The maximum absolute atomic E-state index is 13.1. The molecule has 0 fully saturated rings. The molecule has 0 saturated carbocycles. The van der Waals surface area contributed by atoms with Crippen molar-refractivity contribution in [2.75, 3.05) is 25.0 Å². The molecule has 1 aromatic carbocycles. The molecule has 2 amide bonds. The standard InChI is InChI=1S/C14H17FN2O2/c1-3-17(4-2)14(19)16-13-8-7-12(15)10-11(13)6-5-9-18/h7-8,10,18H,3-4,9H2,1-2H3,(H,16,19). The molecule has 4 nitrogen and oxygen atoms in total. The van der Waals surface area contributed by atoms with Gasteiger partial charge in [-0.2, -0.15) is 0 Å². The Bertz CT molecular complexity index is 502. The van der Waals surface area contributed by atoms with Gasteiger partial charge in [-0.1, -0.05) is 11.8 Å². The van der Waals surface area contributed by atoms with Gasteiger partial charge in [0.15, 0.2) is 0 Å². The lowest BCUT2D eigenvalue weighted by Gasteiger charge is -2.19. The van der Waals surface area contributed by atoms with Crippen LogP contribution >= 0.6 is 0 Å². The maximum atomic E-state index is 13.1. The van der Waals surface area contributed by atoms with E-state index < -0.39 is 5.82 Å². The molecule has 0 spiro atoms. The second kappa shape index (κ2) is 7.39. The van der Waals surface area contributed by atoms with Crippen LogP contribution in [0.5, 0.6) is 0 Å². The molecule has 0 radical (unpaired) electrons. The van der Waals surface area contributed by atoms with Crippen LogP contribution in [0.3, 0.4) is 0 Å². The molecule has 0 bridgehead atoms. The number of carbonyl (C=O) groups is 1. The number of urea groups is 1. The number of carbonyl (C=O) groups excluding carboxylic acids is 1. The number of aliphatic hydroxyl groups is 1. The van der Waals surface area contributed by atoms with Crippen molar-refractivity contribution < 1.29 is 14.3 Å². The van der Waals surface area contributed by atoms with E-state index in [1.54, 1.807) is 4.90 Å². The minimum Gasteiger partial charge on any atom is -0.384 e. The fraction of sp³-hybridized carbons (Fsp3) is 0.357. The van der Waals surface area contributed by atoms with Crippen molar-refractivity contribution in [1.29, 1.82) is 0 Å². The van der Waals surface area contributed by atoms with Crippen LogP contribution < -0.4 is 5.32 Å². The number of hydrogen-bond donors (Lipinski definition) is 2. The summed E-state index contributed by atoms with van der Waals surface area (Å²) >= 11 is 0. The number of hydrogen-bond acceptors (Lipinski definition) is 2. The number of aliphatic hydroxyl groups excluding tert-OH is 1. The lowest BCUT2D eigenvalue weighted by atomic mass is 10.1. The van der Waals surface area contributed by atoms with Crippen LogP contribution in [0, 0.1) is 17.7 Å². The van der Waals surface area contributed by atoms with E-state index in [1.807, 2.05) is 13.8 Å². The number of amides is 2. The van der Waals surface area contributed by atoms with E-state index in [4.69, 9.17) is 5.11 Å². The summed E-state index contributed by atoms with van der Waals surface area (Å²) in [5.41, 5.74) is 0.772. The average molecular weight is 264 g/mol. The van der Waals surface area contributed by atoms with Crippen molar-refractivity contribution in [2.24, 2.45) is 0 Å². The van der Waals surface area contributed by atoms with Gasteiger partial charge in [0, 0.05) is 13.1 Å². The Morgan fingerprint density at radius 3 is 2.68 bits per heavy atom. The Kier molecular flexibility index (Phi) is 5.83. The van der Waals surface area contributed by atoms with Crippen molar-refractivity contribution in [3.8, 4) is 11.8 Å². The van der Waals surface area contributed by atoms with Crippen LogP contribution in [0.2, 0.25) is 0 Å². The Labute approximate surface area is 112 Å². The van der Waals surface area contributed by atoms with Crippen molar-refractivity contribution >= 4 is 11.7 Å². The van der Waals surface area contributed by atoms with Crippen molar-refractivity contribution in [3.63, 3.8) is 0 Å². The first kappa shape index (κ1) is 15.0. The van der Waals surface area contributed by atoms with E-state index >= 15 is 0 Å². The van der Waals surface area contributed by atoms with Crippen LogP contribution in [-0.2, 0) is 0 Å². The van der Waals surface area contributed by atoms with E-state index in [1.165, 1.54) is 18.2 Å². The molecular weight excluding hydrogens is 247 g/mol. The molecule has 19 heavy (non-hydrogen) atoms. The Morgan fingerprint density at radius 1 is 1.42 bits per heavy atom. The highest BCUT2D eigenvalue weighted by atomic mass is 19.1. The second-order valence-electron chi connectivity index (χ2n) is 3.75. The fourth-order valence-electron chi connectivity index (χ4n) is 1.57. The van der Waals surface area contributed by atoms with Crippen molar-refractivity contribution in [1.82, 2.24) is 4.90 Å². The van der Waals surface area contributed by atoms with Gasteiger partial charge in [-0.15, -0.1) is 0 Å². The quantitative estimate of drug-likeness (QED) is 0.821. The largest absolute Gasteiger partial charge is 0.384 e. The average Bonchev–Trinajstić information content (AvgIpc) is 2.40. The van der Waals surface area contributed by atoms with Gasteiger partial charge in [-0.3, -0.25) is 0 Å². The molecule has 0 aliphatic carbocycles. The minimum atomic E-state index is -0.442. The molecule has 0 saturated heterocycles. The maximum Gasteiger partial charge on any atom is 0.321 e. The SMILES string of the molecule is CCN(CC)C(=O)Nc1ccc(F)cc1C#CCO. The normalized spacial score (nSPS) is 9.47. The van der Waals surface area contributed by atoms with E-state index in [9.17, 15) is 9.18 Å². The summed E-state index contributed by atoms with van der Waals surface area (Å²) in [6.07, 6.45) is 0. The second-order valence-corrected chi connectivity index (χ2v) is 3.75. The highest BCUT2D eigenvalue weighted by Gasteiger charge is 2.11. The Balaban J connectivity index is 2.97. The van der Waals surface area contributed by atoms with Gasteiger partial charge in [0.2, 0.25) is 0 Å². The Hall–Kier alpha value is -2.06. The number of rotatable bonds is 3. The van der Waals surface area contributed by atoms with E-state index in [-0.39, 0.29) is 12.6 Å². The lowest BCUT2D eigenvalue weighted by molar-refractivity contribution is 0.217. The number of benzene rings is 1. The molecule has 102 valence electrons. The molecule has 1 aromatic rings. The molecule has 5 heteroatoms. The van der Waals surface area contributed by atoms with Gasteiger partial charge in [-0.25, -0.2) is 9.18 Å². The molecular formula is C14H17FN2O2. The summed E-state index contributed by atoms with van der Waals surface area (Å²) in [5.74, 6) is 4.61. The van der Waals surface area contributed by atoms with Gasteiger partial charge in [0.25, 0.3) is 0 Å². The lowest BCUT2D eigenvalue weighted by Crippen LogP contribution is -2.34. The van der Waals surface area contributed by atoms with E-state index in [0.29, 0.717) is 24.3 Å². The van der Waals surface area contributed by atoms with Crippen LogP contribution in [0.25, 0.3) is 0 Å². The van der Waals surface area contributed by atoms with Gasteiger partial charge in [0.1, 0.15) is 12.4 Å². The molecule has 0 aromatic heterocycles. The molecule has 1 rings (SSSR count). The zero-order valence-corrected chi connectivity index (χ0v) is 11.0. The van der Waals surface area contributed by atoms with Crippen LogP contribution in [0.1, 0.15) is 19.4 Å². The number of halogens is 1. The Morgan fingerprint density at radius 2 is 2.11 bits per heavy atom. The third-order valence-electron chi connectivity index (χ3n) is 2.58. The summed E-state index contributed by atoms with van der Waals surface area (Å²) in [6, 6.07) is 3.67. The van der Waals surface area contributed by atoms with E-state index in [0.717, 1.165) is 0 Å². The van der Waals surface area contributed by atoms with E-state index in [2.05, 4.69) is 17.2 Å². The first-order chi connectivity index (χ1) is 9.12. The highest BCUT2D eigenvalue weighted by Crippen LogP contribution is 2.16. The number of nitrogens with one attached hydrogen (secondary N) is 1. The molecule has 0 atom stereocenters. The molecule has 0 aliphatic rings. The monoisotopic (exact) mass is 264 g/mol. The summed E-state index contributed by atoms with van der Waals surface area (Å²) in [6.45, 7) is 4.60. The van der Waals surface area contributed by atoms with Crippen molar-refractivity contribution in [3.05, 3.63) is 29.6 Å². The van der Waals surface area contributed by atoms with Gasteiger partial charge < -0.3 is 15.3 Å². The first-order valence-electron chi connectivity index (χ1n) is 6.07. The molecule has 0 heterocycles. The summed E-state index contributed by atoms with van der Waals surface area (Å²) in [4.78, 5) is 13.5. The van der Waals surface area contributed by atoms with Gasteiger partial charge in [-0.05, 0) is 32.0 Å². The van der Waals surface area contributed by atoms with Crippen LogP contribution in [-0.4, -0.2) is 35.7 Å². The third kappa shape index (κ3) is 4.27. The topological polar surface area (TPSA) is 52.6 Å². The zero-order valence-electron chi connectivity index (χ0n) is 11.0. The van der Waals surface area contributed by atoms with Gasteiger partial charge in [0.05, 0.1) is 11.3 Å².